The number of amides is 2. The van der Waals surface area contributed by atoms with E-state index < -0.39 is 17.9 Å². The van der Waals surface area contributed by atoms with E-state index in [4.69, 9.17) is 9.84 Å². The number of piperidine rings is 1. The van der Waals surface area contributed by atoms with Crippen molar-refractivity contribution in [1.29, 1.82) is 0 Å². The maximum Gasteiger partial charge on any atom is 0.323 e. The van der Waals surface area contributed by atoms with Crippen molar-refractivity contribution in [3.05, 3.63) is 29.8 Å². The fourth-order valence-corrected chi connectivity index (χ4v) is 3.84. The molecule has 1 aromatic rings. The summed E-state index contributed by atoms with van der Waals surface area (Å²) in [5.41, 5.74) is 0.791. The number of carbonyl (C=O) groups is 3. The van der Waals surface area contributed by atoms with Gasteiger partial charge in [0.15, 0.2) is 0 Å². The smallest absolute Gasteiger partial charge is 0.323 e. The summed E-state index contributed by atoms with van der Waals surface area (Å²) in [5.74, 6) is -1.11. The highest BCUT2D eigenvalue weighted by Crippen LogP contribution is 2.41. The zero-order valence-electron chi connectivity index (χ0n) is 16.9. The largest absolute Gasteiger partial charge is 0.496 e. The SMILES string of the molecule is CCCCN1C(=O)CCC(C(=O)N(CC)CC(=O)O)C1c1ccccc1OC. The fourth-order valence-electron chi connectivity index (χ4n) is 3.84. The number of nitrogens with zero attached hydrogens (tertiary/aromatic N) is 2. The van der Waals surface area contributed by atoms with Crippen molar-refractivity contribution >= 4 is 17.8 Å². The van der Waals surface area contributed by atoms with E-state index in [1.807, 2.05) is 24.3 Å². The highest BCUT2D eigenvalue weighted by molar-refractivity contribution is 5.87. The van der Waals surface area contributed by atoms with E-state index in [0.29, 0.717) is 25.3 Å². The van der Waals surface area contributed by atoms with Crippen molar-refractivity contribution in [2.24, 2.45) is 5.92 Å². The van der Waals surface area contributed by atoms with Gasteiger partial charge < -0.3 is 19.6 Å². The summed E-state index contributed by atoms with van der Waals surface area (Å²) in [6.07, 6.45) is 2.46. The van der Waals surface area contributed by atoms with Crippen LogP contribution in [0.4, 0.5) is 0 Å². The second kappa shape index (κ2) is 10.1. The Bertz CT molecular complexity index is 706. The Labute approximate surface area is 166 Å². The number of carboxylic acid groups (broad SMARTS) is 1. The molecule has 1 fully saturated rings. The van der Waals surface area contributed by atoms with Crippen LogP contribution in [0.5, 0.6) is 5.75 Å². The number of hydrogen-bond acceptors (Lipinski definition) is 4. The molecule has 7 heteroatoms. The van der Waals surface area contributed by atoms with E-state index in [0.717, 1.165) is 18.4 Å². The second-order valence-electron chi connectivity index (χ2n) is 7.02. The Hall–Kier alpha value is -2.57. The molecule has 7 nitrogen and oxygen atoms in total. The van der Waals surface area contributed by atoms with E-state index in [9.17, 15) is 14.4 Å². The van der Waals surface area contributed by atoms with Gasteiger partial charge in [-0.3, -0.25) is 14.4 Å². The summed E-state index contributed by atoms with van der Waals surface area (Å²) < 4.78 is 5.51. The lowest BCUT2D eigenvalue weighted by Gasteiger charge is -2.42. The van der Waals surface area contributed by atoms with Crippen molar-refractivity contribution in [3.63, 3.8) is 0 Å². The van der Waals surface area contributed by atoms with E-state index in [2.05, 4.69) is 6.92 Å². The van der Waals surface area contributed by atoms with Crippen LogP contribution in [0, 0.1) is 5.92 Å². The molecule has 2 rings (SSSR count). The molecule has 1 aromatic carbocycles. The van der Waals surface area contributed by atoms with Crippen LogP contribution in [0.1, 0.15) is 51.1 Å². The van der Waals surface area contributed by atoms with Crippen LogP contribution in [-0.2, 0) is 14.4 Å². The fraction of sp³-hybridized carbons (Fsp3) is 0.571. The second-order valence-corrected chi connectivity index (χ2v) is 7.02. The minimum atomic E-state index is -1.04. The number of aliphatic carboxylic acids is 1. The third kappa shape index (κ3) is 4.82. The van der Waals surface area contributed by atoms with E-state index in [1.54, 1.807) is 18.9 Å². The molecule has 28 heavy (non-hydrogen) atoms. The Morgan fingerprint density at radius 2 is 2.00 bits per heavy atom. The Morgan fingerprint density at radius 1 is 1.29 bits per heavy atom. The third-order valence-electron chi connectivity index (χ3n) is 5.25. The van der Waals surface area contributed by atoms with Crippen molar-refractivity contribution in [3.8, 4) is 5.75 Å². The van der Waals surface area contributed by atoms with Gasteiger partial charge in [0.2, 0.25) is 11.8 Å². The number of rotatable bonds is 9. The zero-order valence-corrected chi connectivity index (χ0v) is 16.9. The topological polar surface area (TPSA) is 87.2 Å². The molecular weight excluding hydrogens is 360 g/mol. The predicted octanol–water partition coefficient (Wildman–Crippen LogP) is 2.71. The molecule has 0 radical (unpaired) electrons. The zero-order chi connectivity index (χ0) is 20.7. The Kier molecular flexibility index (Phi) is 7.84. The third-order valence-corrected chi connectivity index (χ3v) is 5.25. The van der Waals surface area contributed by atoms with Gasteiger partial charge in [-0.2, -0.15) is 0 Å². The van der Waals surface area contributed by atoms with E-state index >= 15 is 0 Å². The van der Waals surface area contributed by atoms with Gasteiger partial charge >= 0.3 is 5.97 Å². The summed E-state index contributed by atoms with van der Waals surface area (Å²) in [6, 6.07) is 6.96. The first-order valence-corrected chi connectivity index (χ1v) is 9.87. The summed E-state index contributed by atoms with van der Waals surface area (Å²) in [7, 11) is 1.57. The Balaban J connectivity index is 2.47. The number of carbonyl (C=O) groups excluding carboxylic acids is 2. The molecule has 154 valence electrons. The first-order valence-electron chi connectivity index (χ1n) is 9.87. The van der Waals surface area contributed by atoms with Crippen molar-refractivity contribution in [2.75, 3.05) is 26.7 Å². The predicted molar refractivity (Wildman–Crippen MR) is 105 cm³/mol. The van der Waals surface area contributed by atoms with Crippen molar-refractivity contribution < 1.29 is 24.2 Å². The first-order chi connectivity index (χ1) is 13.4. The maximum atomic E-state index is 13.3. The lowest BCUT2D eigenvalue weighted by molar-refractivity contribution is -0.152. The number of likely N-dealkylation sites (N-methyl/N-ethyl adjacent to an activating group) is 1. The molecule has 1 heterocycles. The molecule has 2 unspecified atom stereocenters. The van der Waals surface area contributed by atoms with Crippen molar-refractivity contribution in [2.45, 2.75) is 45.6 Å². The molecule has 0 bridgehead atoms. The minimum Gasteiger partial charge on any atom is -0.496 e. The Morgan fingerprint density at radius 3 is 2.61 bits per heavy atom. The molecule has 0 aliphatic carbocycles. The number of hydrogen-bond donors (Lipinski definition) is 1. The van der Waals surface area contributed by atoms with Gasteiger partial charge in [-0.1, -0.05) is 31.5 Å². The summed E-state index contributed by atoms with van der Waals surface area (Å²) in [5, 5.41) is 9.16. The first kappa shape index (κ1) is 21.7. The summed E-state index contributed by atoms with van der Waals surface area (Å²) in [4.78, 5) is 40.3. The average Bonchev–Trinajstić information content (AvgIpc) is 2.70. The quantitative estimate of drug-likeness (QED) is 0.700. The number of ether oxygens (including phenoxy) is 1. The van der Waals surface area contributed by atoms with Gasteiger partial charge in [0.05, 0.1) is 19.1 Å². The molecule has 2 amide bonds. The number of para-hydroxylation sites is 1. The number of likely N-dealkylation sites (tertiary alicyclic amines) is 1. The van der Waals surface area contributed by atoms with Gasteiger partial charge in [0.25, 0.3) is 0 Å². The van der Waals surface area contributed by atoms with Gasteiger partial charge in [0.1, 0.15) is 12.3 Å². The molecule has 1 aliphatic rings. The van der Waals surface area contributed by atoms with Crippen LogP contribution in [-0.4, -0.2) is 59.4 Å². The molecule has 1 N–H and O–H groups in total. The molecule has 0 spiro atoms. The molecule has 0 saturated carbocycles. The van der Waals surface area contributed by atoms with E-state index in [1.165, 1.54) is 4.90 Å². The van der Waals surface area contributed by atoms with Crippen LogP contribution < -0.4 is 4.74 Å². The summed E-state index contributed by atoms with van der Waals surface area (Å²) in [6.45, 7) is 4.35. The lowest BCUT2D eigenvalue weighted by Crippen LogP contribution is -2.50. The molecular formula is C21H30N2O5. The van der Waals surface area contributed by atoms with Crippen LogP contribution in [0.2, 0.25) is 0 Å². The lowest BCUT2D eigenvalue weighted by atomic mass is 9.82. The summed E-state index contributed by atoms with van der Waals surface area (Å²) >= 11 is 0. The van der Waals surface area contributed by atoms with Crippen LogP contribution >= 0.6 is 0 Å². The average molecular weight is 390 g/mol. The number of unbranched alkanes of at least 4 members (excludes halogenated alkanes) is 1. The molecule has 1 saturated heterocycles. The molecule has 2 atom stereocenters. The molecule has 0 aromatic heterocycles. The van der Waals surface area contributed by atoms with Gasteiger partial charge in [0, 0.05) is 25.1 Å². The number of carboxylic acids is 1. The number of benzene rings is 1. The highest BCUT2D eigenvalue weighted by Gasteiger charge is 2.43. The van der Waals surface area contributed by atoms with Crippen LogP contribution in [0.3, 0.4) is 0 Å². The van der Waals surface area contributed by atoms with Gasteiger partial charge in [-0.05, 0) is 25.8 Å². The van der Waals surface area contributed by atoms with Crippen LogP contribution in [0.15, 0.2) is 24.3 Å². The van der Waals surface area contributed by atoms with Gasteiger partial charge in [-0.25, -0.2) is 0 Å². The van der Waals surface area contributed by atoms with Crippen molar-refractivity contribution in [1.82, 2.24) is 9.80 Å². The molecule has 1 aliphatic heterocycles. The standard InChI is InChI=1S/C21H30N2O5/c1-4-6-13-23-18(24)12-11-16(21(27)22(5-2)14-19(25)26)20(23)15-9-7-8-10-17(15)28-3/h7-10,16,20H,4-6,11-14H2,1-3H3,(H,25,26). The normalized spacial score (nSPS) is 19.4. The van der Waals surface area contributed by atoms with Gasteiger partial charge in [-0.15, -0.1) is 0 Å². The maximum absolute atomic E-state index is 13.3. The number of methoxy groups -OCH3 is 1. The highest BCUT2D eigenvalue weighted by atomic mass is 16.5. The van der Waals surface area contributed by atoms with E-state index in [-0.39, 0.29) is 24.8 Å². The monoisotopic (exact) mass is 390 g/mol. The minimum absolute atomic E-state index is 0.0229. The van der Waals surface area contributed by atoms with Crippen LogP contribution in [0.25, 0.3) is 0 Å².